The largest absolute Gasteiger partial charge is 0.471 e. The molecule has 3 heterocycles. The summed E-state index contributed by atoms with van der Waals surface area (Å²) in [5, 5.41) is 3.96. The predicted octanol–water partition coefficient (Wildman–Crippen LogP) is 3.91. The molecular formula is C28H32N6O3S. The van der Waals surface area contributed by atoms with Gasteiger partial charge in [-0.05, 0) is 49.4 Å². The lowest BCUT2D eigenvalue weighted by Gasteiger charge is -2.38. The summed E-state index contributed by atoms with van der Waals surface area (Å²) in [7, 11) is -2.26. The molecule has 0 amide bonds. The predicted molar refractivity (Wildman–Crippen MR) is 147 cm³/mol. The third kappa shape index (κ3) is 5.71. The Hall–Kier alpha value is -3.76. The van der Waals surface area contributed by atoms with E-state index in [1.807, 2.05) is 32.0 Å². The first-order valence-corrected chi connectivity index (χ1v) is 14.1. The first kappa shape index (κ1) is 25.9. The van der Waals surface area contributed by atoms with Crippen molar-refractivity contribution >= 4 is 16.0 Å². The fraction of sp³-hybridized carbons (Fsp3) is 0.321. The number of ether oxygens (including phenoxy) is 1. The molecular weight excluding hydrogens is 500 g/mol. The average Bonchev–Trinajstić information content (AvgIpc) is 3.28. The molecule has 0 bridgehead atoms. The molecule has 1 aliphatic heterocycles. The van der Waals surface area contributed by atoms with E-state index < -0.39 is 10.0 Å². The summed E-state index contributed by atoms with van der Waals surface area (Å²) in [4.78, 5) is 11.4. The number of nitrogens with one attached hydrogen (secondary N) is 1. The maximum Gasteiger partial charge on any atom is 0.267 e. The third-order valence-corrected chi connectivity index (χ3v) is 8.11. The van der Waals surface area contributed by atoms with Gasteiger partial charge in [-0.15, -0.1) is 0 Å². The Morgan fingerprint density at radius 3 is 2.39 bits per heavy atom. The minimum atomic E-state index is -3.92. The fourth-order valence-corrected chi connectivity index (χ4v) is 5.64. The summed E-state index contributed by atoms with van der Waals surface area (Å²) < 4.78 is 36.1. The Morgan fingerprint density at radius 2 is 1.71 bits per heavy atom. The molecule has 4 aromatic rings. The zero-order valence-corrected chi connectivity index (χ0v) is 22.9. The maximum atomic E-state index is 13.0. The summed E-state index contributed by atoms with van der Waals surface area (Å²) >= 11 is 0. The van der Waals surface area contributed by atoms with E-state index in [9.17, 15) is 8.42 Å². The quantitative estimate of drug-likeness (QED) is 0.349. The van der Waals surface area contributed by atoms with Crippen LogP contribution in [0.25, 0.3) is 11.3 Å². The molecule has 0 spiro atoms. The standard InChI is InChI=1S/C28H32N6O3S/c1-19-8-5-6-11-22(19)12-13-34-16-23(17-34)37-26-14-25(27-20(2)9-7-10-21(27)3)30-28(31-26)32-38(35,36)24-15-29-33(4)18-24/h5-11,14-15,18,23H,12-13,16-17H2,1-4H3,(H,30,31,32). The number of anilines is 1. The van der Waals surface area contributed by atoms with Crippen molar-refractivity contribution < 1.29 is 13.2 Å². The highest BCUT2D eigenvalue weighted by Crippen LogP contribution is 2.30. The molecule has 0 radical (unpaired) electrons. The normalized spacial score (nSPS) is 14.3. The smallest absolute Gasteiger partial charge is 0.267 e. The van der Waals surface area contributed by atoms with E-state index in [4.69, 9.17) is 4.74 Å². The Labute approximate surface area is 223 Å². The van der Waals surface area contributed by atoms with Crippen LogP contribution in [0.5, 0.6) is 5.88 Å². The number of benzene rings is 2. The van der Waals surface area contributed by atoms with Crippen LogP contribution in [0.1, 0.15) is 22.3 Å². The van der Waals surface area contributed by atoms with Crippen molar-refractivity contribution in [2.45, 2.75) is 38.2 Å². The van der Waals surface area contributed by atoms with Gasteiger partial charge in [0.15, 0.2) is 0 Å². The van der Waals surface area contributed by atoms with Crippen LogP contribution in [0.2, 0.25) is 0 Å². The van der Waals surface area contributed by atoms with Crippen LogP contribution in [0, 0.1) is 20.8 Å². The molecule has 0 unspecified atom stereocenters. The van der Waals surface area contributed by atoms with E-state index in [1.165, 1.54) is 28.2 Å². The number of nitrogens with zero attached hydrogens (tertiary/aromatic N) is 5. The lowest BCUT2D eigenvalue weighted by molar-refractivity contribution is 0.0181. The molecule has 1 fully saturated rings. The average molecular weight is 533 g/mol. The minimum absolute atomic E-state index is 0.0321. The molecule has 2 aromatic carbocycles. The van der Waals surface area contributed by atoms with E-state index in [1.54, 1.807) is 13.1 Å². The van der Waals surface area contributed by atoms with Crippen LogP contribution >= 0.6 is 0 Å². The van der Waals surface area contributed by atoms with Crippen molar-refractivity contribution in [3.8, 4) is 17.1 Å². The van der Waals surface area contributed by atoms with Crippen molar-refractivity contribution in [3.05, 3.63) is 83.2 Å². The zero-order valence-electron chi connectivity index (χ0n) is 22.0. The van der Waals surface area contributed by atoms with E-state index >= 15 is 0 Å². The Morgan fingerprint density at radius 1 is 1.00 bits per heavy atom. The molecule has 5 rings (SSSR count). The summed E-state index contributed by atoms with van der Waals surface area (Å²) in [6.45, 7) is 8.67. The number of hydrogen-bond donors (Lipinski definition) is 1. The fourth-order valence-electron chi connectivity index (χ4n) is 4.71. The van der Waals surface area contributed by atoms with Gasteiger partial charge in [0, 0.05) is 44.5 Å². The number of aryl methyl sites for hydroxylation is 4. The van der Waals surface area contributed by atoms with Crippen molar-refractivity contribution in [1.82, 2.24) is 24.6 Å². The number of likely N-dealkylation sites (tertiary alicyclic amines) is 1. The van der Waals surface area contributed by atoms with Crippen LogP contribution in [0.4, 0.5) is 5.95 Å². The van der Waals surface area contributed by atoms with E-state index in [2.05, 4.69) is 55.9 Å². The molecule has 1 N–H and O–H groups in total. The summed E-state index contributed by atoms with van der Waals surface area (Å²) in [5.41, 5.74) is 6.25. The Kier molecular flexibility index (Phi) is 7.18. The van der Waals surface area contributed by atoms with Gasteiger partial charge in [-0.3, -0.25) is 9.58 Å². The Balaban J connectivity index is 1.35. The Bertz CT molecular complexity index is 1540. The molecule has 9 nitrogen and oxygen atoms in total. The molecule has 0 saturated carbocycles. The molecule has 38 heavy (non-hydrogen) atoms. The topological polar surface area (TPSA) is 102 Å². The van der Waals surface area contributed by atoms with E-state index in [0.29, 0.717) is 11.6 Å². The SMILES string of the molecule is Cc1ccccc1CCN1CC(Oc2cc(-c3c(C)cccc3C)nc(NS(=O)(=O)c3cnn(C)c3)n2)C1. The van der Waals surface area contributed by atoms with Crippen molar-refractivity contribution in [2.24, 2.45) is 7.05 Å². The number of aromatic nitrogens is 4. The van der Waals surface area contributed by atoms with Gasteiger partial charge >= 0.3 is 0 Å². The van der Waals surface area contributed by atoms with Crippen molar-refractivity contribution in [3.63, 3.8) is 0 Å². The highest BCUT2D eigenvalue weighted by molar-refractivity contribution is 7.92. The third-order valence-electron chi connectivity index (χ3n) is 6.83. The van der Waals surface area contributed by atoms with Crippen LogP contribution in [0.15, 0.2) is 65.8 Å². The van der Waals surface area contributed by atoms with Crippen LogP contribution in [0.3, 0.4) is 0 Å². The number of hydrogen-bond acceptors (Lipinski definition) is 7. The van der Waals surface area contributed by atoms with Crippen molar-refractivity contribution in [1.29, 1.82) is 0 Å². The first-order chi connectivity index (χ1) is 18.2. The van der Waals surface area contributed by atoms with E-state index in [-0.39, 0.29) is 16.9 Å². The van der Waals surface area contributed by atoms with Gasteiger partial charge in [0.2, 0.25) is 11.8 Å². The second kappa shape index (κ2) is 10.5. The molecule has 10 heteroatoms. The van der Waals surface area contributed by atoms with Gasteiger partial charge in [-0.2, -0.15) is 10.1 Å². The van der Waals surface area contributed by atoms with Gasteiger partial charge in [0.05, 0.1) is 11.9 Å². The van der Waals surface area contributed by atoms with Gasteiger partial charge in [0.1, 0.15) is 11.0 Å². The highest BCUT2D eigenvalue weighted by Gasteiger charge is 2.29. The van der Waals surface area contributed by atoms with Crippen LogP contribution < -0.4 is 9.46 Å². The van der Waals surface area contributed by atoms with Gasteiger partial charge < -0.3 is 4.74 Å². The molecule has 0 aliphatic carbocycles. The lowest BCUT2D eigenvalue weighted by Crippen LogP contribution is -2.54. The maximum absolute atomic E-state index is 13.0. The molecule has 1 aliphatic rings. The number of rotatable bonds is 9. The molecule has 0 atom stereocenters. The van der Waals surface area contributed by atoms with E-state index in [0.717, 1.165) is 42.7 Å². The summed E-state index contributed by atoms with van der Waals surface area (Å²) in [5.74, 6) is 0.296. The highest BCUT2D eigenvalue weighted by atomic mass is 32.2. The minimum Gasteiger partial charge on any atom is -0.471 e. The molecule has 198 valence electrons. The number of sulfonamides is 1. The van der Waals surface area contributed by atoms with Gasteiger partial charge in [0.25, 0.3) is 10.0 Å². The first-order valence-electron chi connectivity index (χ1n) is 12.6. The summed E-state index contributed by atoms with van der Waals surface area (Å²) in [6.07, 6.45) is 3.67. The second-order valence-electron chi connectivity index (χ2n) is 9.81. The van der Waals surface area contributed by atoms with Crippen molar-refractivity contribution in [2.75, 3.05) is 24.4 Å². The van der Waals surface area contributed by atoms with Crippen LogP contribution in [-0.4, -0.2) is 58.8 Å². The lowest BCUT2D eigenvalue weighted by atomic mass is 10.00. The monoisotopic (exact) mass is 532 g/mol. The summed E-state index contributed by atoms with van der Waals surface area (Å²) in [6, 6.07) is 16.2. The molecule has 2 aromatic heterocycles. The van der Waals surface area contributed by atoms with Crippen LogP contribution in [-0.2, 0) is 23.5 Å². The zero-order chi connectivity index (χ0) is 26.9. The second-order valence-corrected chi connectivity index (χ2v) is 11.5. The molecule has 1 saturated heterocycles. The van der Waals surface area contributed by atoms with Gasteiger partial charge in [-0.25, -0.2) is 18.1 Å². The van der Waals surface area contributed by atoms with Gasteiger partial charge in [-0.1, -0.05) is 42.5 Å².